The number of Topliss-reactive ketones (excluding diaryl/α,β-unsaturated/α-hetero) is 1. The van der Waals surface area contributed by atoms with Crippen molar-refractivity contribution in [3.8, 4) is 0 Å². The van der Waals surface area contributed by atoms with Gasteiger partial charge in [0, 0.05) is 39.1 Å². The summed E-state index contributed by atoms with van der Waals surface area (Å²) in [4.78, 5) is 37.7. The van der Waals surface area contributed by atoms with Crippen LogP contribution in [0.2, 0.25) is 0 Å². The predicted molar refractivity (Wildman–Crippen MR) is 99.3 cm³/mol. The topological polar surface area (TPSA) is 92.2 Å². The monoisotopic (exact) mass is 412 g/mol. The Labute approximate surface area is 165 Å². The van der Waals surface area contributed by atoms with Crippen molar-refractivity contribution in [2.24, 2.45) is 0 Å². The normalized spacial score (nSPS) is 21.0. The summed E-state index contributed by atoms with van der Waals surface area (Å²) in [7, 11) is 2.89. The summed E-state index contributed by atoms with van der Waals surface area (Å²) in [6.07, 6.45) is -3.05. The van der Waals surface area contributed by atoms with Crippen LogP contribution in [0, 0.1) is 6.92 Å². The van der Waals surface area contributed by atoms with E-state index in [0.29, 0.717) is 22.6 Å². The van der Waals surface area contributed by atoms with Crippen LogP contribution in [-0.2, 0) is 22.6 Å². The molecule has 1 fully saturated rings. The zero-order valence-corrected chi connectivity index (χ0v) is 16.4. The van der Waals surface area contributed by atoms with Crippen LogP contribution in [0.5, 0.6) is 0 Å². The van der Waals surface area contributed by atoms with E-state index in [0.717, 1.165) is 0 Å². The van der Waals surface area contributed by atoms with Gasteiger partial charge in [-0.2, -0.15) is 0 Å². The summed E-state index contributed by atoms with van der Waals surface area (Å²) < 4.78 is 42.5. The second kappa shape index (κ2) is 6.93. The molecule has 1 aliphatic carbocycles. The number of halogens is 3. The smallest absolute Gasteiger partial charge is 0.293 e. The van der Waals surface area contributed by atoms with Gasteiger partial charge in [-0.1, -0.05) is 6.58 Å². The number of nitrogens with zero attached hydrogens (tertiary/aromatic N) is 1. The molecule has 3 rings (SSSR count). The van der Waals surface area contributed by atoms with Gasteiger partial charge in [-0.3, -0.25) is 14.4 Å². The molecule has 1 atom stereocenters. The number of hydrogen-bond acceptors (Lipinski definition) is 4. The molecule has 0 radical (unpaired) electrons. The highest BCUT2D eigenvalue weighted by atomic mass is 19.3. The summed E-state index contributed by atoms with van der Waals surface area (Å²) >= 11 is 0. The van der Waals surface area contributed by atoms with E-state index in [1.807, 2.05) is 0 Å². The fourth-order valence-electron chi connectivity index (χ4n) is 4.27. The van der Waals surface area contributed by atoms with Crippen molar-refractivity contribution in [1.82, 2.24) is 20.5 Å². The SMILES string of the molecule is C=C(NC)c1c(C)c(C(=O)C(=O)NC2(C(=O)NC)CC(F)(F)C2)c2n1C[C@H](F)C2. The van der Waals surface area contributed by atoms with Gasteiger partial charge in [0.2, 0.25) is 5.91 Å². The number of nitrogens with one attached hydrogen (secondary N) is 3. The lowest BCUT2D eigenvalue weighted by Crippen LogP contribution is -2.69. The van der Waals surface area contributed by atoms with Gasteiger partial charge in [0.1, 0.15) is 11.7 Å². The third-order valence-corrected chi connectivity index (χ3v) is 5.57. The minimum atomic E-state index is -3.10. The predicted octanol–water partition coefficient (Wildman–Crippen LogP) is 1.09. The number of fused-ring (bicyclic) bond motifs is 1. The van der Waals surface area contributed by atoms with Gasteiger partial charge in [-0.25, -0.2) is 13.2 Å². The van der Waals surface area contributed by atoms with Crippen LogP contribution in [0.4, 0.5) is 13.2 Å². The number of carbonyl (C=O) groups excluding carboxylic acids is 3. The van der Waals surface area contributed by atoms with Crippen molar-refractivity contribution >= 4 is 23.3 Å². The van der Waals surface area contributed by atoms with E-state index in [1.165, 1.54) is 7.05 Å². The largest absolute Gasteiger partial charge is 0.387 e. The molecule has 0 unspecified atom stereocenters. The Kier molecular flexibility index (Phi) is 5.00. The van der Waals surface area contributed by atoms with Gasteiger partial charge >= 0.3 is 0 Å². The average Bonchev–Trinajstić information content (AvgIpc) is 3.11. The van der Waals surface area contributed by atoms with E-state index in [-0.39, 0.29) is 18.5 Å². The highest BCUT2D eigenvalue weighted by Gasteiger charge is 2.62. The van der Waals surface area contributed by atoms with Crippen LogP contribution >= 0.6 is 0 Å². The summed E-state index contributed by atoms with van der Waals surface area (Å²) in [5, 5.41) is 7.29. The van der Waals surface area contributed by atoms with Gasteiger partial charge < -0.3 is 20.5 Å². The molecule has 2 heterocycles. The summed E-state index contributed by atoms with van der Waals surface area (Å²) in [5.74, 6) is -6.06. The maximum atomic E-state index is 14.0. The average molecular weight is 412 g/mol. The lowest BCUT2D eigenvalue weighted by molar-refractivity contribution is -0.164. The number of alkyl halides is 3. The number of aromatic nitrogens is 1. The number of amides is 2. The zero-order valence-electron chi connectivity index (χ0n) is 16.4. The molecule has 0 aromatic carbocycles. The Hall–Kier alpha value is -2.78. The molecule has 29 heavy (non-hydrogen) atoms. The molecular formula is C19H23F3N4O3. The van der Waals surface area contributed by atoms with E-state index in [4.69, 9.17) is 0 Å². The van der Waals surface area contributed by atoms with Crippen molar-refractivity contribution in [3.05, 3.63) is 29.1 Å². The van der Waals surface area contributed by atoms with E-state index >= 15 is 0 Å². The van der Waals surface area contributed by atoms with Gasteiger partial charge in [0.15, 0.2) is 0 Å². The molecule has 1 aromatic heterocycles. The number of ketones is 1. The Morgan fingerprint density at radius 2 is 1.79 bits per heavy atom. The standard InChI is InChI=1S/C19H23F3N4O3/c1-9-13(12-5-11(20)6-26(12)14(9)10(2)23-3)15(27)16(28)25-18(17(29)24-4)7-19(21,22)8-18/h11,23H,2,5-8H2,1,3-4H3,(H,24,29)(H,25,28)/t11-/m1/s1. The zero-order chi connectivity index (χ0) is 21.7. The van der Waals surface area contributed by atoms with Gasteiger partial charge in [0.05, 0.1) is 23.5 Å². The summed E-state index contributed by atoms with van der Waals surface area (Å²) in [6, 6.07) is 0. The minimum absolute atomic E-state index is 0.0205. The number of likely N-dealkylation sites (N-methyl/N-ethyl adjacent to an activating group) is 1. The molecule has 2 amide bonds. The maximum Gasteiger partial charge on any atom is 0.293 e. The second-order valence-electron chi connectivity index (χ2n) is 7.59. The van der Waals surface area contributed by atoms with Gasteiger partial charge in [0.25, 0.3) is 17.6 Å². The van der Waals surface area contributed by atoms with Gasteiger partial charge in [-0.15, -0.1) is 0 Å². The Balaban J connectivity index is 1.94. The van der Waals surface area contributed by atoms with Crippen LogP contribution in [-0.4, -0.2) is 53.9 Å². The van der Waals surface area contributed by atoms with Crippen molar-refractivity contribution in [2.45, 2.75) is 50.4 Å². The Bertz CT molecular complexity index is 914. The van der Waals surface area contributed by atoms with Crippen molar-refractivity contribution in [3.63, 3.8) is 0 Å². The molecule has 1 saturated carbocycles. The van der Waals surface area contributed by atoms with E-state index < -0.39 is 48.1 Å². The highest BCUT2D eigenvalue weighted by Crippen LogP contribution is 2.46. The van der Waals surface area contributed by atoms with Crippen molar-refractivity contribution in [1.29, 1.82) is 0 Å². The highest BCUT2D eigenvalue weighted by molar-refractivity contribution is 6.44. The fourth-order valence-corrected chi connectivity index (χ4v) is 4.27. The summed E-state index contributed by atoms with van der Waals surface area (Å²) in [6.45, 7) is 5.49. The lowest BCUT2D eigenvalue weighted by atomic mass is 9.72. The third kappa shape index (κ3) is 3.30. The third-order valence-electron chi connectivity index (χ3n) is 5.57. The van der Waals surface area contributed by atoms with Crippen LogP contribution < -0.4 is 16.0 Å². The summed E-state index contributed by atoms with van der Waals surface area (Å²) in [5.41, 5.74) is -0.0595. The molecule has 0 saturated heterocycles. The van der Waals surface area contributed by atoms with Crippen LogP contribution in [0.3, 0.4) is 0 Å². The first-order valence-electron chi connectivity index (χ1n) is 9.16. The minimum Gasteiger partial charge on any atom is -0.387 e. The molecule has 1 aromatic rings. The quantitative estimate of drug-likeness (QED) is 0.482. The molecule has 2 aliphatic rings. The first-order chi connectivity index (χ1) is 13.5. The Morgan fingerprint density at radius 3 is 2.31 bits per heavy atom. The number of rotatable bonds is 6. The molecule has 0 spiro atoms. The lowest BCUT2D eigenvalue weighted by Gasteiger charge is -2.45. The molecule has 3 N–H and O–H groups in total. The number of hydrogen-bond donors (Lipinski definition) is 3. The van der Waals surface area contributed by atoms with E-state index in [1.54, 1.807) is 18.5 Å². The Morgan fingerprint density at radius 1 is 1.17 bits per heavy atom. The van der Waals surface area contributed by atoms with Crippen LogP contribution in [0.25, 0.3) is 5.70 Å². The molecule has 7 nitrogen and oxygen atoms in total. The molecule has 10 heteroatoms. The van der Waals surface area contributed by atoms with Crippen LogP contribution in [0.1, 0.15) is 40.2 Å². The maximum absolute atomic E-state index is 14.0. The van der Waals surface area contributed by atoms with Gasteiger partial charge in [-0.05, 0) is 12.5 Å². The molecule has 158 valence electrons. The van der Waals surface area contributed by atoms with E-state index in [9.17, 15) is 27.6 Å². The fraction of sp³-hybridized carbons (Fsp3) is 0.526. The second-order valence-corrected chi connectivity index (χ2v) is 7.59. The first kappa shape index (κ1) is 20.9. The van der Waals surface area contributed by atoms with E-state index in [2.05, 4.69) is 22.5 Å². The first-order valence-corrected chi connectivity index (χ1v) is 9.16. The van der Waals surface area contributed by atoms with Crippen LogP contribution in [0.15, 0.2) is 6.58 Å². The van der Waals surface area contributed by atoms with Crippen molar-refractivity contribution < 1.29 is 27.6 Å². The number of carbonyl (C=O) groups is 3. The molecule has 0 bridgehead atoms. The molecular weight excluding hydrogens is 389 g/mol. The van der Waals surface area contributed by atoms with Crippen molar-refractivity contribution in [2.75, 3.05) is 14.1 Å². The molecule has 1 aliphatic heterocycles.